The van der Waals surface area contributed by atoms with Crippen LogP contribution in [0.25, 0.3) is 0 Å². The summed E-state index contributed by atoms with van der Waals surface area (Å²) >= 11 is 5.92. The van der Waals surface area contributed by atoms with Crippen LogP contribution in [0.1, 0.15) is 25.3 Å². The van der Waals surface area contributed by atoms with Gasteiger partial charge in [0.05, 0.1) is 9.95 Å². The molecule has 0 unspecified atom stereocenters. The SMILES string of the molecule is CCCCc1cc([N+](=O)[O-])cc(S(N)(=O)=O)c1Cl. The Hall–Kier alpha value is -1.18. The molecule has 0 aliphatic rings. The molecule has 18 heavy (non-hydrogen) atoms. The van der Waals surface area contributed by atoms with Gasteiger partial charge in [0.25, 0.3) is 5.69 Å². The van der Waals surface area contributed by atoms with Crippen molar-refractivity contribution in [2.45, 2.75) is 31.1 Å². The van der Waals surface area contributed by atoms with Gasteiger partial charge in [-0.1, -0.05) is 24.9 Å². The summed E-state index contributed by atoms with van der Waals surface area (Å²) in [6.07, 6.45) is 2.09. The molecule has 0 aliphatic heterocycles. The molecule has 100 valence electrons. The number of nitro groups is 1. The quantitative estimate of drug-likeness (QED) is 0.664. The normalized spacial score (nSPS) is 11.5. The Bertz CT molecular complexity index is 571. The average molecular weight is 293 g/mol. The van der Waals surface area contributed by atoms with E-state index in [2.05, 4.69) is 0 Å². The average Bonchev–Trinajstić information content (AvgIpc) is 2.25. The van der Waals surface area contributed by atoms with E-state index in [1.54, 1.807) is 0 Å². The van der Waals surface area contributed by atoms with E-state index in [0.29, 0.717) is 12.0 Å². The predicted molar refractivity (Wildman–Crippen MR) is 68.1 cm³/mol. The van der Waals surface area contributed by atoms with Crippen molar-refractivity contribution in [1.82, 2.24) is 0 Å². The second-order valence-corrected chi connectivity index (χ2v) is 5.73. The lowest BCUT2D eigenvalue weighted by molar-refractivity contribution is -0.385. The summed E-state index contributed by atoms with van der Waals surface area (Å²) in [5.41, 5.74) is 0.103. The molecule has 1 aromatic carbocycles. The van der Waals surface area contributed by atoms with E-state index in [-0.39, 0.29) is 10.7 Å². The highest BCUT2D eigenvalue weighted by Crippen LogP contribution is 2.30. The van der Waals surface area contributed by atoms with Crippen LogP contribution in [0.2, 0.25) is 5.02 Å². The van der Waals surface area contributed by atoms with Gasteiger partial charge in [0.15, 0.2) is 0 Å². The molecule has 0 aromatic heterocycles. The molecule has 0 atom stereocenters. The molecule has 0 aliphatic carbocycles. The number of sulfonamides is 1. The molecule has 0 fully saturated rings. The molecule has 0 saturated heterocycles. The largest absolute Gasteiger partial charge is 0.271 e. The molecule has 6 nitrogen and oxygen atoms in total. The highest BCUT2D eigenvalue weighted by molar-refractivity contribution is 7.89. The monoisotopic (exact) mass is 292 g/mol. The minimum absolute atomic E-state index is 0.0310. The zero-order valence-electron chi connectivity index (χ0n) is 9.72. The van der Waals surface area contributed by atoms with Crippen molar-refractivity contribution in [1.29, 1.82) is 0 Å². The van der Waals surface area contributed by atoms with Gasteiger partial charge >= 0.3 is 0 Å². The van der Waals surface area contributed by atoms with Gasteiger partial charge in [-0.05, 0) is 18.4 Å². The van der Waals surface area contributed by atoms with Crippen molar-refractivity contribution >= 4 is 27.3 Å². The first-order valence-corrected chi connectivity index (χ1v) is 7.19. The van der Waals surface area contributed by atoms with Gasteiger partial charge in [-0.2, -0.15) is 0 Å². The van der Waals surface area contributed by atoms with Crippen LogP contribution in [-0.2, 0) is 16.4 Å². The van der Waals surface area contributed by atoms with Crippen molar-refractivity contribution in [2.75, 3.05) is 0 Å². The van der Waals surface area contributed by atoms with Crippen molar-refractivity contribution in [3.8, 4) is 0 Å². The van der Waals surface area contributed by atoms with Crippen molar-refractivity contribution in [3.63, 3.8) is 0 Å². The molecule has 0 amide bonds. The molecule has 0 spiro atoms. The standard InChI is InChI=1S/C10H13ClN2O4S/c1-2-3-4-7-5-8(13(14)15)6-9(10(7)11)18(12,16)17/h5-6H,2-4H2,1H3,(H2,12,16,17). The van der Waals surface area contributed by atoms with Gasteiger partial charge in [0.1, 0.15) is 4.90 Å². The minimum atomic E-state index is -4.07. The summed E-state index contributed by atoms with van der Waals surface area (Å²) in [4.78, 5) is 9.68. The third-order valence-electron chi connectivity index (χ3n) is 2.42. The molecule has 0 saturated carbocycles. The Morgan fingerprint density at radius 3 is 2.50 bits per heavy atom. The Labute approximate surface area is 110 Å². The van der Waals surface area contributed by atoms with Crippen LogP contribution in [0.15, 0.2) is 17.0 Å². The van der Waals surface area contributed by atoms with Gasteiger partial charge in [-0.15, -0.1) is 0 Å². The van der Waals surface area contributed by atoms with Crippen LogP contribution >= 0.6 is 11.6 Å². The van der Waals surface area contributed by atoms with Gasteiger partial charge < -0.3 is 0 Å². The molecule has 0 radical (unpaired) electrons. The first-order chi connectivity index (χ1) is 8.27. The third kappa shape index (κ3) is 3.41. The van der Waals surface area contributed by atoms with Crippen molar-refractivity contribution in [3.05, 3.63) is 32.8 Å². The Kier molecular flexibility index (Phi) is 4.66. The van der Waals surface area contributed by atoms with Crippen LogP contribution in [0.4, 0.5) is 5.69 Å². The number of nitrogens with zero attached hydrogens (tertiary/aromatic N) is 1. The second kappa shape index (κ2) is 5.64. The molecule has 8 heteroatoms. The van der Waals surface area contributed by atoms with Gasteiger partial charge in [0.2, 0.25) is 10.0 Å². The van der Waals surface area contributed by atoms with Crippen molar-refractivity contribution < 1.29 is 13.3 Å². The third-order valence-corrected chi connectivity index (χ3v) is 3.91. The fraction of sp³-hybridized carbons (Fsp3) is 0.400. The lowest BCUT2D eigenvalue weighted by atomic mass is 10.1. The van der Waals surface area contributed by atoms with Crippen molar-refractivity contribution in [2.24, 2.45) is 5.14 Å². The van der Waals surface area contributed by atoms with Crippen LogP contribution in [0.5, 0.6) is 0 Å². The lowest BCUT2D eigenvalue weighted by Crippen LogP contribution is -2.14. The number of non-ortho nitro benzene ring substituents is 1. The van der Waals surface area contributed by atoms with Crippen LogP contribution < -0.4 is 5.14 Å². The highest BCUT2D eigenvalue weighted by Gasteiger charge is 2.21. The zero-order valence-corrected chi connectivity index (χ0v) is 11.3. The summed E-state index contributed by atoms with van der Waals surface area (Å²) in [5, 5.41) is 15.7. The smallest absolute Gasteiger partial charge is 0.258 e. The molecular weight excluding hydrogens is 280 g/mol. The summed E-state index contributed by atoms with van der Waals surface area (Å²) in [5.74, 6) is 0. The Morgan fingerprint density at radius 1 is 1.44 bits per heavy atom. The van der Waals surface area contributed by atoms with E-state index in [1.165, 1.54) is 6.07 Å². The Balaban J connectivity index is 3.43. The van der Waals surface area contributed by atoms with Gasteiger partial charge in [-0.25, -0.2) is 13.6 Å². The number of halogens is 1. The number of primary sulfonamides is 1. The number of nitro benzene ring substituents is 1. The molecule has 0 heterocycles. The topological polar surface area (TPSA) is 103 Å². The summed E-state index contributed by atoms with van der Waals surface area (Å²) in [6.45, 7) is 1.95. The zero-order chi connectivity index (χ0) is 13.9. The van der Waals surface area contributed by atoms with E-state index in [1.807, 2.05) is 6.92 Å². The number of unbranched alkanes of at least 4 members (excludes halogenated alkanes) is 1. The number of nitrogens with two attached hydrogens (primary N) is 1. The maximum atomic E-state index is 11.3. The van der Waals surface area contributed by atoms with Crippen LogP contribution in [0.3, 0.4) is 0 Å². The van der Waals surface area contributed by atoms with Gasteiger partial charge in [-0.3, -0.25) is 10.1 Å². The lowest BCUT2D eigenvalue weighted by Gasteiger charge is -2.08. The first kappa shape index (κ1) is 14.9. The van der Waals surface area contributed by atoms with E-state index in [4.69, 9.17) is 16.7 Å². The molecular formula is C10H13ClN2O4S. The van der Waals surface area contributed by atoms with E-state index >= 15 is 0 Å². The van der Waals surface area contributed by atoms with Gasteiger partial charge in [0, 0.05) is 12.1 Å². The second-order valence-electron chi connectivity index (χ2n) is 3.82. The highest BCUT2D eigenvalue weighted by atomic mass is 35.5. The van der Waals surface area contributed by atoms with E-state index in [0.717, 1.165) is 18.9 Å². The fourth-order valence-corrected chi connectivity index (χ4v) is 2.69. The number of benzene rings is 1. The minimum Gasteiger partial charge on any atom is -0.258 e. The summed E-state index contributed by atoms with van der Waals surface area (Å²) in [6, 6.07) is 2.17. The maximum absolute atomic E-state index is 11.3. The number of aryl methyl sites for hydroxylation is 1. The molecule has 2 N–H and O–H groups in total. The van der Waals surface area contributed by atoms with Crippen LogP contribution in [0, 0.1) is 10.1 Å². The maximum Gasteiger partial charge on any atom is 0.271 e. The number of rotatable bonds is 5. The van der Waals surface area contributed by atoms with E-state index < -0.39 is 19.8 Å². The number of hydrogen-bond acceptors (Lipinski definition) is 4. The molecule has 1 rings (SSSR count). The molecule has 1 aromatic rings. The predicted octanol–water partition coefficient (Wildman–Crippen LogP) is 2.24. The summed E-state index contributed by atoms with van der Waals surface area (Å²) in [7, 11) is -4.07. The summed E-state index contributed by atoms with van der Waals surface area (Å²) < 4.78 is 22.7. The number of hydrogen-bond donors (Lipinski definition) is 1. The van der Waals surface area contributed by atoms with Crippen LogP contribution in [-0.4, -0.2) is 13.3 Å². The molecule has 0 bridgehead atoms. The van der Waals surface area contributed by atoms with E-state index in [9.17, 15) is 18.5 Å². The Morgan fingerprint density at radius 2 is 2.06 bits per heavy atom. The first-order valence-electron chi connectivity index (χ1n) is 5.27. The fourth-order valence-electron chi connectivity index (χ4n) is 1.50.